The SMILES string of the molecule is CC(=O)N1CCc2c(c(-c3ccc(C(F)(F)F)cc3)nn2CC(O)CN2CCC(c3cc4ccccc4s3)CC2)C1. The molecule has 216 valence electrons. The summed E-state index contributed by atoms with van der Waals surface area (Å²) in [7, 11) is 0. The van der Waals surface area contributed by atoms with Crippen molar-refractivity contribution < 1.29 is 23.1 Å². The van der Waals surface area contributed by atoms with Gasteiger partial charge in [-0.15, -0.1) is 11.3 Å². The van der Waals surface area contributed by atoms with Gasteiger partial charge in [0.2, 0.25) is 5.91 Å². The highest BCUT2D eigenvalue weighted by Gasteiger charge is 2.32. The van der Waals surface area contributed by atoms with Crippen LogP contribution in [0.5, 0.6) is 0 Å². The molecule has 6 rings (SSSR count). The van der Waals surface area contributed by atoms with Gasteiger partial charge in [0, 0.05) is 59.4 Å². The van der Waals surface area contributed by atoms with Gasteiger partial charge in [0.1, 0.15) is 0 Å². The number of aliphatic hydroxyl groups excluding tert-OH is 1. The van der Waals surface area contributed by atoms with Crippen molar-refractivity contribution in [1.82, 2.24) is 19.6 Å². The Kier molecular flexibility index (Phi) is 7.65. The highest BCUT2D eigenvalue weighted by molar-refractivity contribution is 7.19. The van der Waals surface area contributed by atoms with Crippen LogP contribution in [0, 0.1) is 0 Å². The molecular formula is C31H33F3N4O2S. The number of aromatic nitrogens is 2. The van der Waals surface area contributed by atoms with Crippen LogP contribution in [0.1, 0.15) is 47.4 Å². The molecule has 1 fully saturated rings. The number of alkyl halides is 3. The van der Waals surface area contributed by atoms with E-state index in [2.05, 4.69) is 35.2 Å². The fourth-order valence-corrected chi connectivity index (χ4v) is 7.35. The van der Waals surface area contributed by atoms with Crippen LogP contribution in [0.3, 0.4) is 0 Å². The Hall–Kier alpha value is -3.21. The van der Waals surface area contributed by atoms with Gasteiger partial charge in [-0.1, -0.05) is 30.3 Å². The summed E-state index contributed by atoms with van der Waals surface area (Å²) in [5.41, 5.74) is 2.18. The van der Waals surface area contributed by atoms with E-state index < -0.39 is 17.8 Å². The number of β-amino-alcohol motifs (C(OH)–C–C–N with tert-alkyl or cyclic N) is 1. The lowest BCUT2D eigenvalue weighted by Gasteiger charge is -2.33. The van der Waals surface area contributed by atoms with Gasteiger partial charge in [0.15, 0.2) is 0 Å². The van der Waals surface area contributed by atoms with Gasteiger partial charge in [-0.3, -0.25) is 9.48 Å². The van der Waals surface area contributed by atoms with Crippen molar-refractivity contribution in [3.05, 3.63) is 76.3 Å². The van der Waals surface area contributed by atoms with E-state index in [4.69, 9.17) is 5.10 Å². The third kappa shape index (κ3) is 5.91. The minimum absolute atomic E-state index is 0.0548. The molecule has 4 aromatic rings. The summed E-state index contributed by atoms with van der Waals surface area (Å²) < 4.78 is 42.5. The fraction of sp³-hybridized carbons (Fsp3) is 0.419. The number of hydrogen-bond donors (Lipinski definition) is 1. The van der Waals surface area contributed by atoms with Crippen LogP contribution in [-0.4, -0.2) is 62.9 Å². The van der Waals surface area contributed by atoms with Gasteiger partial charge < -0.3 is 14.9 Å². The second-order valence-electron chi connectivity index (χ2n) is 11.1. The summed E-state index contributed by atoms with van der Waals surface area (Å²) >= 11 is 1.88. The molecule has 2 aliphatic rings. The van der Waals surface area contributed by atoms with Gasteiger partial charge in [0.05, 0.1) is 23.9 Å². The lowest BCUT2D eigenvalue weighted by molar-refractivity contribution is -0.137. The maximum Gasteiger partial charge on any atom is 0.416 e. The van der Waals surface area contributed by atoms with E-state index in [-0.39, 0.29) is 5.91 Å². The third-order valence-electron chi connectivity index (χ3n) is 8.35. The average Bonchev–Trinajstić information content (AvgIpc) is 3.54. The summed E-state index contributed by atoms with van der Waals surface area (Å²) in [4.78, 5) is 17.6. The Morgan fingerprint density at radius 1 is 1.07 bits per heavy atom. The number of likely N-dealkylation sites (tertiary alicyclic amines) is 1. The number of nitrogens with zero attached hydrogens (tertiary/aromatic N) is 4. The zero-order valence-corrected chi connectivity index (χ0v) is 23.7. The van der Waals surface area contributed by atoms with Gasteiger partial charge in [-0.05, 0) is 61.5 Å². The first-order valence-corrected chi connectivity index (χ1v) is 14.9. The fourth-order valence-electron chi connectivity index (χ4n) is 6.12. The number of carbonyl (C=O) groups excluding carboxylic acids is 1. The molecular weight excluding hydrogens is 549 g/mol. The van der Waals surface area contributed by atoms with E-state index in [0.717, 1.165) is 49.3 Å². The van der Waals surface area contributed by atoms with E-state index in [1.165, 1.54) is 34.0 Å². The first-order chi connectivity index (χ1) is 19.7. The van der Waals surface area contributed by atoms with Crippen molar-refractivity contribution in [2.45, 2.75) is 57.5 Å². The van der Waals surface area contributed by atoms with E-state index >= 15 is 0 Å². The predicted molar refractivity (Wildman–Crippen MR) is 154 cm³/mol. The Morgan fingerprint density at radius 3 is 2.49 bits per heavy atom. The van der Waals surface area contributed by atoms with Gasteiger partial charge in [0.25, 0.3) is 0 Å². The summed E-state index contributed by atoms with van der Waals surface area (Å²) in [5.74, 6) is 0.482. The molecule has 1 N–H and O–H groups in total. The monoisotopic (exact) mass is 582 g/mol. The first kappa shape index (κ1) is 27.9. The molecule has 2 aliphatic heterocycles. The van der Waals surface area contributed by atoms with Gasteiger partial charge >= 0.3 is 6.18 Å². The molecule has 1 amide bonds. The summed E-state index contributed by atoms with van der Waals surface area (Å²) in [6.45, 7) is 5.06. The third-order valence-corrected chi connectivity index (χ3v) is 9.63. The minimum atomic E-state index is -4.42. The molecule has 1 atom stereocenters. The van der Waals surface area contributed by atoms with E-state index in [0.29, 0.717) is 49.8 Å². The van der Waals surface area contributed by atoms with Crippen molar-refractivity contribution in [1.29, 1.82) is 0 Å². The van der Waals surface area contributed by atoms with Crippen molar-refractivity contribution in [3.63, 3.8) is 0 Å². The van der Waals surface area contributed by atoms with Crippen molar-refractivity contribution >= 4 is 27.3 Å². The molecule has 0 radical (unpaired) electrons. The zero-order valence-electron chi connectivity index (χ0n) is 22.9. The largest absolute Gasteiger partial charge is 0.416 e. The number of carbonyl (C=O) groups is 1. The number of halogens is 3. The molecule has 0 spiro atoms. The number of thiophene rings is 1. The number of aliphatic hydroxyl groups is 1. The second kappa shape index (κ2) is 11.2. The summed E-state index contributed by atoms with van der Waals surface area (Å²) in [6.07, 6.45) is -2.38. The number of fused-ring (bicyclic) bond motifs is 2. The normalized spacial score (nSPS) is 17.6. The number of hydrogen-bond acceptors (Lipinski definition) is 5. The van der Waals surface area contributed by atoms with Gasteiger partial charge in [-0.25, -0.2) is 0 Å². The van der Waals surface area contributed by atoms with Crippen LogP contribution in [0.2, 0.25) is 0 Å². The minimum Gasteiger partial charge on any atom is -0.390 e. The molecule has 10 heteroatoms. The molecule has 1 saturated heterocycles. The lowest BCUT2D eigenvalue weighted by atomic mass is 9.94. The lowest BCUT2D eigenvalue weighted by Crippen LogP contribution is -2.40. The van der Waals surface area contributed by atoms with Crippen molar-refractivity contribution in [2.75, 3.05) is 26.2 Å². The Balaban J connectivity index is 1.14. The first-order valence-electron chi connectivity index (χ1n) is 14.1. The van der Waals surface area contributed by atoms with Crippen LogP contribution in [0.15, 0.2) is 54.6 Å². The summed E-state index contributed by atoms with van der Waals surface area (Å²) in [5, 5.41) is 17.2. The molecule has 2 aromatic carbocycles. The molecule has 0 aliphatic carbocycles. The Morgan fingerprint density at radius 2 is 1.80 bits per heavy atom. The van der Waals surface area contributed by atoms with Crippen molar-refractivity contribution in [2.24, 2.45) is 0 Å². The van der Waals surface area contributed by atoms with Crippen LogP contribution in [-0.2, 0) is 30.5 Å². The number of benzene rings is 2. The standard InChI is InChI=1S/C31H33F3N4O2S/c1-20(39)37-15-12-27-26(19-37)30(22-6-8-24(9-7-22)31(32,33)34)35-38(27)18-25(40)17-36-13-10-21(11-14-36)29-16-23-4-2-3-5-28(23)41-29/h2-9,16,21,25,40H,10-15,17-19H2,1H3. The molecule has 0 saturated carbocycles. The highest BCUT2D eigenvalue weighted by Crippen LogP contribution is 2.37. The predicted octanol–water partition coefficient (Wildman–Crippen LogP) is 5.93. The zero-order chi connectivity index (χ0) is 28.7. The highest BCUT2D eigenvalue weighted by atomic mass is 32.1. The van der Waals surface area contributed by atoms with Crippen LogP contribution in [0.25, 0.3) is 21.3 Å². The molecule has 6 nitrogen and oxygen atoms in total. The molecule has 41 heavy (non-hydrogen) atoms. The number of amides is 1. The molecule has 1 unspecified atom stereocenters. The maximum atomic E-state index is 13.1. The average molecular weight is 583 g/mol. The quantitative estimate of drug-likeness (QED) is 0.306. The Labute approximate surface area is 241 Å². The number of piperidine rings is 1. The Bertz CT molecular complexity index is 1500. The number of rotatable bonds is 6. The van der Waals surface area contributed by atoms with E-state index in [1.54, 1.807) is 9.58 Å². The van der Waals surface area contributed by atoms with Crippen molar-refractivity contribution in [3.8, 4) is 11.3 Å². The van der Waals surface area contributed by atoms with E-state index in [1.807, 2.05) is 11.3 Å². The maximum absolute atomic E-state index is 13.1. The van der Waals surface area contributed by atoms with E-state index in [9.17, 15) is 23.1 Å². The smallest absolute Gasteiger partial charge is 0.390 e. The van der Waals surface area contributed by atoms with Crippen LogP contribution in [0.4, 0.5) is 13.2 Å². The molecule has 0 bridgehead atoms. The van der Waals surface area contributed by atoms with Crippen LogP contribution < -0.4 is 0 Å². The molecule has 2 aromatic heterocycles. The topological polar surface area (TPSA) is 61.6 Å². The second-order valence-corrected chi connectivity index (χ2v) is 12.3. The summed E-state index contributed by atoms with van der Waals surface area (Å²) in [6, 6.07) is 15.8. The molecule has 4 heterocycles. The van der Waals surface area contributed by atoms with Crippen LogP contribution >= 0.6 is 11.3 Å². The van der Waals surface area contributed by atoms with Gasteiger partial charge in [-0.2, -0.15) is 18.3 Å².